The van der Waals surface area contributed by atoms with E-state index in [2.05, 4.69) is 6.92 Å². The van der Waals surface area contributed by atoms with Gasteiger partial charge in [-0.15, -0.1) is 11.6 Å². The van der Waals surface area contributed by atoms with Crippen LogP contribution in [-0.4, -0.2) is 43.5 Å². The maximum atomic E-state index is 11.3. The number of carbonyl (C=O) groups excluding carboxylic acids is 1. The average Bonchev–Trinajstić information content (AvgIpc) is 2.47. The van der Waals surface area contributed by atoms with Gasteiger partial charge in [-0.25, -0.2) is 0 Å². The molecular formula is C9H16ClNO2. The Morgan fingerprint density at radius 2 is 2.31 bits per heavy atom. The SMILES string of the molecule is COC[C@@H]1CN(C(=O)CCl)C[C@H]1C. The quantitative estimate of drug-likeness (QED) is 0.643. The van der Waals surface area contributed by atoms with Crippen molar-refractivity contribution < 1.29 is 9.53 Å². The van der Waals surface area contributed by atoms with E-state index in [1.54, 1.807) is 7.11 Å². The van der Waals surface area contributed by atoms with E-state index in [0.29, 0.717) is 11.8 Å². The van der Waals surface area contributed by atoms with Gasteiger partial charge in [0.1, 0.15) is 5.88 Å². The largest absolute Gasteiger partial charge is 0.384 e. The second-order valence-electron chi connectivity index (χ2n) is 3.63. The average molecular weight is 206 g/mol. The lowest BCUT2D eigenvalue weighted by atomic mass is 10.00. The Labute approximate surface area is 84.0 Å². The minimum absolute atomic E-state index is 0.0344. The molecule has 0 aromatic heterocycles. The topological polar surface area (TPSA) is 29.5 Å². The molecule has 1 aliphatic rings. The van der Waals surface area contributed by atoms with Gasteiger partial charge in [0, 0.05) is 26.1 Å². The van der Waals surface area contributed by atoms with E-state index in [9.17, 15) is 4.79 Å². The molecule has 0 N–H and O–H groups in total. The summed E-state index contributed by atoms with van der Waals surface area (Å²) < 4.78 is 5.09. The number of rotatable bonds is 3. The van der Waals surface area contributed by atoms with E-state index < -0.39 is 0 Å². The van der Waals surface area contributed by atoms with Crippen LogP contribution in [0, 0.1) is 11.8 Å². The van der Waals surface area contributed by atoms with Gasteiger partial charge in [0.25, 0.3) is 0 Å². The van der Waals surface area contributed by atoms with Gasteiger partial charge >= 0.3 is 0 Å². The molecule has 0 unspecified atom stereocenters. The second-order valence-corrected chi connectivity index (χ2v) is 3.89. The van der Waals surface area contributed by atoms with Crippen molar-refractivity contribution in [2.24, 2.45) is 11.8 Å². The number of methoxy groups -OCH3 is 1. The van der Waals surface area contributed by atoms with Crippen molar-refractivity contribution in [3.05, 3.63) is 0 Å². The van der Waals surface area contributed by atoms with E-state index in [-0.39, 0.29) is 11.8 Å². The standard InChI is InChI=1S/C9H16ClNO2/c1-7-4-11(9(12)3-10)5-8(7)6-13-2/h7-8H,3-6H2,1-2H3/t7-,8+/m1/s1. The fourth-order valence-corrected chi connectivity index (χ4v) is 1.92. The lowest BCUT2D eigenvalue weighted by Gasteiger charge is -2.14. The van der Waals surface area contributed by atoms with Crippen molar-refractivity contribution in [3.8, 4) is 0 Å². The first-order valence-corrected chi connectivity index (χ1v) is 5.05. The van der Waals surface area contributed by atoms with Crippen molar-refractivity contribution >= 4 is 17.5 Å². The highest BCUT2D eigenvalue weighted by atomic mass is 35.5. The molecule has 1 saturated heterocycles. The normalized spacial score (nSPS) is 28.1. The second kappa shape index (κ2) is 4.82. The fraction of sp³-hybridized carbons (Fsp3) is 0.889. The fourth-order valence-electron chi connectivity index (χ4n) is 1.75. The molecule has 1 fully saturated rings. The minimum atomic E-state index is 0.0344. The zero-order chi connectivity index (χ0) is 9.84. The lowest BCUT2D eigenvalue weighted by molar-refractivity contribution is -0.127. The predicted octanol–water partition coefficient (Wildman–Crippen LogP) is 0.966. The Hall–Kier alpha value is -0.280. The molecule has 1 aliphatic heterocycles. The van der Waals surface area contributed by atoms with Gasteiger partial charge < -0.3 is 9.64 Å². The molecule has 4 heteroatoms. The molecule has 1 amide bonds. The molecule has 0 aliphatic carbocycles. The Balaban J connectivity index is 2.44. The van der Waals surface area contributed by atoms with Crippen LogP contribution in [0.5, 0.6) is 0 Å². The molecule has 2 atom stereocenters. The highest BCUT2D eigenvalue weighted by molar-refractivity contribution is 6.27. The number of amides is 1. The summed E-state index contributed by atoms with van der Waals surface area (Å²) in [6.45, 7) is 4.48. The molecule has 0 saturated carbocycles. The van der Waals surface area contributed by atoms with Crippen molar-refractivity contribution in [1.82, 2.24) is 4.90 Å². The summed E-state index contributed by atoms with van der Waals surface area (Å²) in [5.74, 6) is 1.11. The van der Waals surface area contributed by atoms with E-state index in [1.807, 2.05) is 4.90 Å². The van der Waals surface area contributed by atoms with Crippen molar-refractivity contribution in [1.29, 1.82) is 0 Å². The van der Waals surface area contributed by atoms with Gasteiger partial charge in [0.05, 0.1) is 6.61 Å². The van der Waals surface area contributed by atoms with E-state index in [1.165, 1.54) is 0 Å². The summed E-state index contributed by atoms with van der Waals surface area (Å²) in [4.78, 5) is 13.1. The van der Waals surface area contributed by atoms with Crippen LogP contribution < -0.4 is 0 Å². The van der Waals surface area contributed by atoms with Crippen molar-refractivity contribution in [2.45, 2.75) is 6.92 Å². The van der Waals surface area contributed by atoms with Crippen LogP contribution in [0.3, 0.4) is 0 Å². The minimum Gasteiger partial charge on any atom is -0.384 e. The van der Waals surface area contributed by atoms with E-state index >= 15 is 0 Å². The first-order chi connectivity index (χ1) is 6.19. The molecule has 1 rings (SSSR count). The molecule has 0 bridgehead atoms. The number of nitrogens with zero attached hydrogens (tertiary/aromatic N) is 1. The first-order valence-electron chi connectivity index (χ1n) is 4.51. The molecular weight excluding hydrogens is 190 g/mol. The highest BCUT2D eigenvalue weighted by Gasteiger charge is 2.31. The predicted molar refractivity (Wildman–Crippen MR) is 51.8 cm³/mol. The van der Waals surface area contributed by atoms with Gasteiger partial charge in [-0.05, 0) is 5.92 Å². The van der Waals surface area contributed by atoms with Crippen molar-refractivity contribution in [3.63, 3.8) is 0 Å². The number of likely N-dealkylation sites (tertiary alicyclic amines) is 1. The zero-order valence-corrected chi connectivity index (χ0v) is 8.88. The first kappa shape index (κ1) is 10.8. The summed E-state index contributed by atoms with van der Waals surface area (Å²) in [5.41, 5.74) is 0. The number of hydrogen-bond acceptors (Lipinski definition) is 2. The number of carbonyl (C=O) groups is 1. The van der Waals surface area contributed by atoms with Crippen LogP contribution >= 0.6 is 11.6 Å². The number of ether oxygens (including phenoxy) is 1. The maximum Gasteiger partial charge on any atom is 0.237 e. The number of halogens is 1. The maximum absolute atomic E-state index is 11.3. The van der Waals surface area contributed by atoms with Crippen LogP contribution in [0.2, 0.25) is 0 Å². The summed E-state index contributed by atoms with van der Waals surface area (Å²) in [5, 5.41) is 0. The Kier molecular flexibility index (Phi) is 4.00. The van der Waals surface area contributed by atoms with Crippen LogP contribution in [0.25, 0.3) is 0 Å². The van der Waals surface area contributed by atoms with E-state index in [0.717, 1.165) is 19.7 Å². The monoisotopic (exact) mass is 205 g/mol. The smallest absolute Gasteiger partial charge is 0.237 e. The Morgan fingerprint density at radius 3 is 2.85 bits per heavy atom. The molecule has 0 aromatic carbocycles. The molecule has 3 nitrogen and oxygen atoms in total. The Morgan fingerprint density at radius 1 is 1.62 bits per heavy atom. The van der Waals surface area contributed by atoms with Crippen LogP contribution in [0.15, 0.2) is 0 Å². The van der Waals surface area contributed by atoms with Crippen LogP contribution in [0.4, 0.5) is 0 Å². The number of alkyl halides is 1. The zero-order valence-electron chi connectivity index (χ0n) is 8.12. The van der Waals surface area contributed by atoms with Gasteiger partial charge in [-0.1, -0.05) is 6.92 Å². The summed E-state index contributed by atoms with van der Waals surface area (Å²) in [6, 6.07) is 0. The number of hydrogen-bond donors (Lipinski definition) is 0. The third-order valence-corrected chi connectivity index (χ3v) is 2.84. The summed E-state index contributed by atoms with van der Waals surface area (Å²) in [7, 11) is 1.69. The highest BCUT2D eigenvalue weighted by Crippen LogP contribution is 2.23. The molecule has 0 spiro atoms. The molecule has 0 radical (unpaired) electrons. The van der Waals surface area contributed by atoms with E-state index in [4.69, 9.17) is 16.3 Å². The molecule has 13 heavy (non-hydrogen) atoms. The molecule has 76 valence electrons. The van der Waals surface area contributed by atoms with Crippen LogP contribution in [0.1, 0.15) is 6.92 Å². The summed E-state index contributed by atoms with van der Waals surface area (Å²) >= 11 is 5.48. The lowest BCUT2D eigenvalue weighted by Crippen LogP contribution is -2.30. The Bertz CT molecular complexity index is 186. The molecule has 1 heterocycles. The van der Waals surface area contributed by atoms with Gasteiger partial charge in [-0.2, -0.15) is 0 Å². The van der Waals surface area contributed by atoms with Gasteiger partial charge in [0.2, 0.25) is 5.91 Å². The van der Waals surface area contributed by atoms with Crippen LogP contribution in [-0.2, 0) is 9.53 Å². The van der Waals surface area contributed by atoms with Gasteiger partial charge in [0.15, 0.2) is 0 Å². The summed E-state index contributed by atoms with van der Waals surface area (Å²) in [6.07, 6.45) is 0. The van der Waals surface area contributed by atoms with Crippen molar-refractivity contribution in [2.75, 3.05) is 32.7 Å². The third-order valence-electron chi connectivity index (χ3n) is 2.62. The molecule has 0 aromatic rings. The van der Waals surface area contributed by atoms with Gasteiger partial charge in [-0.3, -0.25) is 4.79 Å². The third kappa shape index (κ3) is 2.58.